The Morgan fingerprint density at radius 1 is 1.19 bits per heavy atom. The summed E-state index contributed by atoms with van der Waals surface area (Å²) in [6.07, 6.45) is 0. The smallest absolute Gasteiger partial charge is 0.338 e. The first-order valence-electron chi connectivity index (χ1n) is 8.71. The summed E-state index contributed by atoms with van der Waals surface area (Å²) in [6, 6.07) is 13.5. The van der Waals surface area contributed by atoms with E-state index in [1.165, 1.54) is 0 Å². The molecule has 0 spiro atoms. The van der Waals surface area contributed by atoms with Gasteiger partial charge in [-0.3, -0.25) is 9.59 Å². The average molecular weight is 382 g/mol. The van der Waals surface area contributed by atoms with Crippen LogP contribution in [0.4, 0.5) is 5.69 Å². The zero-order valence-electron chi connectivity index (χ0n) is 14.7. The molecule has 2 atom stereocenters. The monoisotopic (exact) mass is 382 g/mol. The molecule has 2 aromatic carbocycles. The van der Waals surface area contributed by atoms with Crippen molar-refractivity contribution >= 4 is 35.2 Å². The Labute approximate surface area is 160 Å². The normalized spacial score (nSPS) is 20.2. The summed E-state index contributed by atoms with van der Waals surface area (Å²) < 4.78 is 4.95. The summed E-state index contributed by atoms with van der Waals surface area (Å²) in [6.45, 7) is 2.06. The number of thioether (sulfide) groups is 1. The number of anilines is 1. The van der Waals surface area contributed by atoms with E-state index in [1.54, 1.807) is 53.9 Å². The van der Waals surface area contributed by atoms with Gasteiger partial charge in [0, 0.05) is 17.0 Å². The Hall–Kier alpha value is -2.80. The van der Waals surface area contributed by atoms with Crippen molar-refractivity contribution < 1.29 is 19.1 Å². The second-order valence-corrected chi connectivity index (χ2v) is 7.40. The number of rotatable bonds is 4. The van der Waals surface area contributed by atoms with Gasteiger partial charge in [-0.2, -0.15) is 0 Å². The van der Waals surface area contributed by atoms with Crippen LogP contribution in [0.25, 0.3) is 0 Å². The number of nitrogens with zero attached hydrogens (tertiary/aromatic N) is 1. The van der Waals surface area contributed by atoms with E-state index in [2.05, 4.69) is 5.32 Å². The van der Waals surface area contributed by atoms with Crippen molar-refractivity contribution in [1.82, 2.24) is 4.90 Å². The van der Waals surface area contributed by atoms with E-state index < -0.39 is 12.0 Å². The van der Waals surface area contributed by atoms with Crippen LogP contribution in [0.15, 0.2) is 48.5 Å². The molecule has 2 aliphatic rings. The number of hydrogen-bond donors (Lipinski definition) is 1. The lowest BCUT2D eigenvalue weighted by molar-refractivity contribution is -0.119. The maximum atomic E-state index is 12.8. The van der Waals surface area contributed by atoms with Gasteiger partial charge in [0.05, 0.1) is 12.2 Å². The highest BCUT2D eigenvalue weighted by molar-refractivity contribution is 7.99. The molecule has 0 radical (unpaired) electrons. The molecule has 1 fully saturated rings. The summed E-state index contributed by atoms with van der Waals surface area (Å²) >= 11 is 1.60. The van der Waals surface area contributed by atoms with Crippen LogP contribution in [0.3, 0.4) is 0 Å². The fourth-order valence-corrected chi connectivity index (χ4v) is 4.84. The number of benzene rings is 2. The van der Waals surface area contributed by atoms with Gasteiger partial charge in [0.2, 0.25) is 5.91 Å². The molecule has 2 aliphatic heterocycles. The van der Waals surface area contributed by atoms with Gasteiger partial charge in [-0.1, -0.05) is 18.2 Å². The molecule has 2 heterocycles. The first-order valence-corrected chi connectivity index (χ1v) is 9.76. The highest BCUT2D eigenvalue weighted by Gasteiger charge is 2.48. The molecular formula is C20H18N2O4S. The molecule has 7 heteroatoms. The summed E-state index contributed by atoms with van der Waals surface area (Å²) in [4.78, 5) is 38.8. The Bertz CT molecular complexity index is 912. The van der Waals surface area contributed by atoms with E-state index >= 15 is 0 Å². The van der Waals surface area contributed by atoms with Gasteiger partial charge >= 0.3 is 5.97 Å². The van der Waals surface area contributed by atoms with Gasteiger partial charge in [-0.25, -0.2) is 4.79 Å². The molecule has 2 aromatic rings. The van der Waals surface area contributed by atoms with E-state index in [9.17, 15) is 14.4 Å². The van der Waals surface area contributed by atoms with Gasteiger partial charge in [0.25, 0.3) is 5.91 Å². The van der Waals surface area contributed by atoms with Crippen molar-refractivity contribution in [2.24, 2.45) is 0 Å². The van der Waals surface area contributed by atoms with Crippen molar-refractivity contribution in [3.8, 4) is 0 Å². The van der Waals surface area contributed by atoms with Gasteiger partial charge in [-0.15, -0.1) is 11.8 Å². The van der Waals surface area contributed by atoms with E-state index in [0.29, 0.717) is 29.2 Å². The quantitative estimate of drug-likeness (QED) is 0.823. The zero-order chi connectivity index (χ0) is 19.0. The van der Waals surface area contributed by atoms with E-state index in [1.807, 2.05) is 18.2 Å². The Balaban J connectivity index is 1.47. The third-order valence-corrected chi connectivity index (χ3v) is 5.96. The molecule has 138 valence electrons. The fourth-order valence-electron chi connectivity index (χ4n) is 3.37. The summed E-state index contributed by atoms with van der Waals surface area (Å²) in [5, 5.41) is 2.74. The van der Waals surface area contributed by atoms with Crippen molar-refractivity contribution in [3.63, 3.8) is 0 Å². The minimum Gasteiger partial charge on any atom is -0.462 e. The van der Waals surface area contributed by atoms with Crippen LogP contribution < -0.4 is 5.32 Å². The highest BCUT2D eigenvalue weighted by Crippen LogP contribution is 2.48. The number of esters is 1. The van der Waals surface area contributed by atoms with Crippen LogP contribution in [0.2, 0.25) is 0 Å². The van der Waals surface area contributed by atoms with E-state index in [0.717, 1.165) is 5.56 Å². The molecule has 6 nitrogen and oxygen atoms in total. The number of ether oxygens (including phenoxy) is 1. The van der Waals surface area contributed by atoms with Crippen LogP contribution in [0.5, 0.6) is 0 Å². The highest BCUT2D eigenvalue weighted by atomic mass is 32.2. The Morgan fingerprint density at radius 3 is 2.67 bits per heavy atom. The van der Waals surface area contributed by atoms with Crippen molar-refractivity contribution in [2.45, 2.75) is 18.3 Å². The second kappa shape index (κ2) is 7.08. The zero-order valence-corrected chi connectivity index (χ0v) is 15.5. The first-order chi connectivity index (χ1) is 13.1. The first kappa shape index (κ1) is 17.6. The number of carbonyl (C=O) groups is 3. The van der Waals surface area contributed by atoms with Gasteiger partial charge in [-0.05, 0) is 42.8 Å². The number of amides is 2. The molecule has 0 aromatic heterocycles. The number of hydrogen-bond acceptors (Lipinski definition) is 5. The molecule has 4 rings (SSSR count). The molecular weight excluding hydrogens is 364 g/mol. The van der Waals surface area contributed by atoms with Gasteiger partial charge in [0.1, 0.15) is 11.4 Å². The summed E-state index contributed by atoms with van der Waals surface area (Å²) in [7, 11) is 0. The molecule has 1 N–H and O–H groups in total. The molecule has 0 aliphatic carbocycles. The van der Waals surface area contributed by atoms with E-state index in [4.69, 9.17) is 4.74 Å². The lowest BCUT2D eigenvalue weighted by atomic mass is 10.1. The number of fused-ring (bicyclic) bond motifs is 3. The predicted molar refractivity (Wildman–Crippen MR) is 103 cm³/mol. The van der Waals surface area contributed by atoms with Crippen LogP contribution in [-0.4, -0.2) is 41.1 Å². The third kappa shape index (κ3) is 3.08. The SMILES string of the molecule is CCOC(=O)c1ccc(NC(=O)C2CSC3c4ccccc4C(=O)N23)cc1. The fraction of sp³-hybridized carbons (Fsp3) is 0.250. The van der Waals surface area contributed by atoms with Gasteiger partial charge < -0.3 is 15.0 Å². The summed E-state index contributed by atoms with van der Waals surface area (Å²) in [5.41, 5.74) is 2.65. The molecule has 1 saturated heterocycles. The summed E-state index contributed by atoms with van der Waals surface area (Å²) in [5.74, 6) is -0.170. The Kier molecular flexibility index (Phi) is 4.61. The van der Waals surface area contributed by atoms with Gasteiger partial charge in [0.15, 0.2) is 0 Å². The van der Waals surface area contributed by atoms with E-state index in [-0.39, 0.29) is 17.2 Å². The van der Waals surface area contributed by atoms with Crippen LogP contribution in [0, 0.1) is 0 Å². The van der Waals surface area contributed by atoms with Crippen LogP contribution in [-0.2, 0) is 9.53 Å². The lowest BCUT2D eigenvalue weighted by Gasteiger charge is -2.22. The largest absolute Gasteiger partial charge is 0.462 e. The molecule has 2 unspecified atom stereocenters. The van der Waals surface area contributed by atoms with Crippen molar-refractivity contribution in [2.75, 3.05) is 17.7 Å². The second-order valence-electron chi connectivity index (χ2n) is 6.29. The van der Waals surface area contributed by atoms with Crippen LogP contribution in [0.1, 0.15) is 38.6 Å². The minimum absolute atomic E-state index is 0.0987. The molecule has 0 saturated carbocycles. The van der Waals surface area contributed by atoms with Crippen molar-refractivity contribution in [1.29, 1.82) is 0 Å². The minimum atomic E-state index is -0.523. The lowest BCUT2D eigenvalue weighted by Crippen LogP contribution is -2.42. The van der Waals surface area contributed by atoms with Crippen molar-refractivity contribution in [3.05, 3.63) is 65.2 Å². The maximum absolute atomic E-state index is 12.8. The maximum Gasteiger partial charge on any atom is 0.338 e. The topological polar surface area (TPSA) is 75.7 Å². The molecule has 27 heavy (non-hydrogen) atoms. The molecule has 0 bridgehead atoms. The number of carbonyl (C=O) groups excluding carboxylic acids is 3. The van der Waals surface area contributed by atoms with Crippen LogP contribution >= 0.6 is 11.8 Å². The average Bonchev–Trinajstić information content (AvgIpc) is 3.23. The standard InChI is InChI=1S/C20H18N2O4S/c1-2-26-20(25)12-7-9-13(10-8-12)21-17(23)16-11-27-19-15-6-4-3-5-14(15)18(24)22(16)19/h3-10,16,19H,2,11H2,1H3,(H,21,23). The molecule has 2 amide bonds. The predicted octanol–water partition coefficient (Wildman–Crippen LogP) is 3.07. The number of nitrogens with one attached hydrogen (secondary N) is 1. The third-order valence-electron chi connectivity index (χ3n) is 4.66. The Morgan fingerprint density at radius 2 is 1.93 bits per heavy atom.